The number of nitrogens with one attached hydrogen (secondary N) is 1. The molecule has 0 atom stereocenters. The summed E-state index contributed by atoms with van der Waals surface area (Å²) < 4.78 is 39.2. The third kappa shape index (κ3) is 3.67. The van der Waals surface area contributed by atoms with Gasteiger partial charge >= 0.3 is 0 Å². The van der Waals surface area contributed by atoms with Gasteiger partial charge in [-0.25, -0.2) is 14.1 Å². The second-order valence-corrected chi connectivity index (χ2v) is 6.27. The van der Waals surface area contributed by atoms with Gasteiger partial charge in [-0.15, -0.1) is 0 Å². The summed E-state index contributed by atoms with van der Waals surface area (Å²) in [7, 11) is -4.34. The van der Waals surface area contributed by atoms with E-state index in [4.69, 9.17) is 0 Å². The fraction of sp³-hybridized carbons (Fsp3) is 0.200. The summed E-state index contributed by atoms with van der Waals surface area (Å²) >= 11 is 0. The van der Waals surface area contributed by atoms with E-state index < -0.39 is 26.8 Å². The van der Waals surface area contributed by atoms with Crippen molar-refractivity contribution in [2.75, 3.05) is 0 Å². The van der Waals surface area contributed by atoms with E-state index in [1.807, 2.05) is 11.6 Å². The zero-order valence-electron chi connectivity index (χ0n) is 11.9. The number of amides is 1. The lowest BCUT2D eigenvalue weighted by atomic mass is 10.1. The highest BCUT2D eigenvalue weighted by atomic mass is 32.2. The van der Waals surface area contributed by atoms with Crippen molar-refractivity contribution < 1.29 is 17.6 Å². The van der Waals surface area contributed by atoms with Crippen LogP contribution < -0.4 is 4.72 Å². The number of rotatable bonds is 5. The minimum absolute atomic E-state index is 0.180. The van der Waals surface area contributed by atoms with Crippen molar-refractivity contribution in [3.05, 3.63) is 59.5 Å². The Labute approximate surface area is 128 Å². The summed E-state index contributed by atoms with van der Waals surface area (Å²) in [6.45, 7) is 2.04. The van der Waals surface area contributed by atoms with E-state index >= 15 is 0 Å². The Kier molecular flexibility index (Phi) is 4.87. The van der Waals surface area contributed by atoms with Gasteiger partial charge in [-0.2, -0.15) is 8.42 Å². The van der Waals surface area contributed by atoms with Crippen LogP contribution in [0.5, 0.6) is 0 Å². The van der Waals surface area contributed by atoms with Crippen molar-refractivity contribution in [2.24, 2.45) is 0 Å². The molecular formula is C15H15FN2O3S. The number of carbonyl (C=O) groups is 1. The molecule has 22 heavy (non-hydrogen) atoms. The van der Waals surface area contributed by atoms with E-state index in [-0.39, 0.29) is 5.56 Å². The maximum absolute atomic E-state index is 13.5. The number of aromatic nitrogens is 1. The van der Waals surface area contributed by atoms with Gasteiger partial charge in [-0.1, -0.05) is 25.5 Å². The number of sulfonamides is 1. The zero-order chi connectivity index (χ0) is 16.2. The maximum atomic E-state index is 13.5. The minimum Gasteiger partial charge on any atom is -0.268 e. The average Bonchev–Trinajstić information content (AvgIpc) is 2.48. The van der Waals surface area contributed by atoms with Gasteiger partial charge in [0.25, 0.3) is 15.9 Å². The quantitative estimate of drug-likeness (QED) is 0.916. The molecule has 1 aromatic carbocycles. The summed E-state index contributed by atoms with van der Waals surface area (Å²) in [5, 5.41) is -0.800. The van der Waals surface area contributed by atoms with Gasteiger partial charge in [0.05, 0.1) is 0 Å². The van der Waals surface area contributed by atoms with E-state index in [9.17, 15) is 17.6 Å². The Hall–Kier alpha value is -2.28. The molecule has 0 saturated carbocycles. The zero-order valence-corrected chi connectivity index (χ0v) is 12.7. The molecule has 116 valence electrons. The Morgan fingerprint density at radius 1 is 1.23 bits per heavy atom. The van der Waals surface area contributed by atoms with Crippen LogP contribution in [0.3, 0.4) is 0 Å². The highest BCUT2D eigenvalue weighted by Gasteiger charge is 2.23. The molecule has 0 radical (unpaired) electrons. The normalized spacial score (nSPS) is 11.2. The van der Waals surface area contributed by atoms with E-state index in [2.05, 4.69) is 4.98 Å². The van der Waals surface area contributed by atoms with Crippen LogP contribution in [-0.2, 0) is 16.4 Å². The minimum atomic E-state index is -4.34. The molecule has 0 fully saturated rings. The molecule has 0 aliphatic heterocycles. The molecule has 5 nitrogen and oxygen atoms in total. The van der Waals surface area contributed by atoms with Gasteiger partial charge in [-0.3, -0.25) is 4.79 Å². The van der Waals surface area contributed by atoms with Crippen molar-refractivity contribution in [1.82, 2.24) is 9.71 Å². The van der Waals surface area contributed by atoms with Crippen LogP contribution in [0.15, 0.2) is 47.6 Å². The van der Waals surface area contributed by atoms with E-state index in [1.165, 1.54) is 18.2 Å². The van der Waals surface area contributed by atoms with Crippen LogP contribution in [-0.4, -0.2) is 19.3 Å². The van der Waals surface area contributed by atoms with Gasteiger partial charge in [0, 0.05) is 11.8 Å². The standard InChI is InChI=1S/C15H15FN2O3S/c1-2-4-11-6-8-12(9-7-11)14(19)18-22(20,21)15-13(16)5-3-10-17-15/h3,5-10H,2,4H2,1H3,(H,18,19). The monoisotopic (exact) mass is 322 g/mol. The van der Waals surface area contributed by atoms with Crippen LogP contribution in [0.2, 0.25) is 0 Å². The van der Waals surface area contributed by atoms with Crippen LogP contribution in [0, 0.1) is 5.82 Å². The SMILES string of the molecule is CCCc1ccc(C(=O)NS(=O)(=O)c2ncccc2F)cc1. The largest absolute Gasteiger partial charge is 0.284 e. The summed E-state index contributed by atoms with van der Waals surface area (Å²) in [4.78, 5) is 15.4. The Morgan fingerprint density at radius 2 is 1.91 bits per heavy atom. The number of benzene rings is 1. The highest BCUT2D eigenvalue weighted by molar-refractivity contribution is 7.90. The molecular weight excluding hydrogens is 307 g/mol. The number of aryl methyl sites for hydroxylation is 1. The van der Waals surface area contributed by atoms with E-state index in [1.54, 1.807) is 12.1 Å². The molecule has 2 rings (SSSR count). The first-order chi connectivity index (χ1) is 10.4. The number of nitrogens with zero attached hydrogens (tertiary/aromatic N) is 1. The Bertz CT molecular complexity index is 774. The molecule has 1 aromatic heterocycles. The number of halogens is 1. The van der Waals surface area contributed by atoms with Crippen LogP contribution in [0.1, 0.15) is 29.3 Å². The fourth-order valence-electron chi connectivity index (χ4n) is 1.91. The molecule has 0 bridgehead atoms. The van der Waals surface area contributed by atoms with Crippen LogP contribution >= 0.6 is 0 Å². The predicted octanol–water partition coefficient (Wildman–Crippen LogP) is 2.29. The van der Waals surface area contributed by atoms with Crippen molar-refractivity contribution in [3.8, 4) is 0 Å². The molecule has 1 heterocycles. The summed E-state index contributed by atoms with van der Waals surface area (Å²) in [5.74, 6) is -1.84. The van der Waals surface area contributed by atoms with Crippen molar-refractivity contribution in [2.45, 2.75) is 24.8 Å². The number of pyridine rings is 1. The lowest BCUT2D eigenvalue weighted by Crippen LogP contribution is -2.31. The predicted molar refractivity (Wildman–Crippen MR) is 79.3 cm³/mol. The fourth-order valence-corrected chi connectivity index (χ4v) is 2.89. The first-order valence-corrected chi connectivity index (χ1v) is 8.19. The Morgan fingerprint density at radius 3 is 2.50 bits per heavy atom. The first kappa shape index (κ1) is 16.1. The number of hydrogen-bond donors (Lipinski definition) is 1. The lowest BCUT2D eigenvalue weighted by molar-refractivity contribution is 0.0981. The average molecular weight is 322 g/mol. The van der Waals surface area contributed by atoms with Crippen molar-refractivity contribution >= 4 is 15.9 Å². The molecule has 0 saturated heterocycles. The lowest BCUT2D eigenvalue weighted by Gasteiger charge is -2.07. The second kappa shape index (κ2) is 6.65. The summed E-state index contributed by atoms with van der Waals surface area (Å²) in [5.41, 5.74) is 1.23. The van der Waals surface area contributed by atoms with Crippen LogP contribution in [0.4, 0.5) is 4.39 Å². The third-order valence-corrected chi connectivity index (χ3v) is 4.22. The second-order valence-electron chi connectivity index (χ2n) is 4.67. The molecule has 2 aromatic rings. The smallest absolute Gasteiger partial charge is 0.268 e. The van der Waals surface area contributed by atoms with Crippen molar-refractivity contribution in [3.63, 3.8) is 0 Å². The number of hydrogen-bond acceptors (Lipinski definition) is 4. The first-order valence-electron chi connectivity index (χ1n) is 6.70. The third-order valence-electron chi connectivity index (χ3n) is 2.96. The molecule has 0 spiro atoms. The Balaban J connectivity index is 2.19. The summed E-state index contributed by atoms with van der Waals surface area (Å²) in [6.07, 6.45) is 2.99. The molecule has 0 aliphatic carbocycles. The summed E-state index contributed by atoms with van der Waals surface area (Å²) in [6, 6.07) is 8.81. The van der Waals surface area contributed by atoms with Gasteiger partial charge in [-0.05, 0) is 36.2 Å². The number of carbonyl (C=O) groups excluding carboxylic acids is 1. The topological polar surface area (TPSA) is 76.1 Å². The van der Waals surface area contributed by atoms with E-state index in [0.29, 0.717) is 0 Å². The molecule has 0 unspecified atom stereocenters. The molecule has 7 heteroatoms. The van der Waals surface area contributed by atoms with Crippen LogP contribution in [0.25, 0.3) is 0 Å². The van der Waals surface area contributed by atoms with Crippen molar-refractivity contribution in [1.29, 1.82) is 0 Å². The van der Waals surface area contributed by atoms with Gasteiger partial charge in [0.15, 0.2) is 5.82 Å². The molecule has 1 N–H and O–H groups in total. The van der Waals surface area contributed by atoms with Gasteiger partial charge in [0.1, 0.15) is 0 Å². The molecule has 1 amide bonds. The van der Waals surface area contributed by atoms with Gasteiger partial charge in [0.2, 0.25) is 5.03 Å². The van der Waals surface area contributed by atoms with E-state index in [0.717, 1.165) is 30.7 Å². The van der Waals surface area contributed by atoms with Gasteiger partial charge < -0.3 is 0 Å². The maximum Gasteiger partial charge on any atom is 0.284 e. The molecule has 0 aliphatic rings. The highest BCUT2D eigenvalue weighted by Crippen LogP contribution is 2.12.